The molecule has 0 bridgehead atoms. The summed E-state index contributed by atoms with van der Waals surface area (Å²) in [6.45, 7) is 5.10. The van der Waals surface area contributed by atoms with Crippen LogP contribution in [0, 0.1) is 18.3 Å². The second-order valence-corrected chi connectivity index (χ2v) is 7.52. The lowest BCUT2D eigenvalue weighted by molar-refractivity contribution is -0.134. The van der Waals surface area contributed by atoms with Crippen molar-refractivity contribution in [1.29, 1.82) is 5.26 Å². The molecule has 1 aliphatic heterocycles. The first-order valence-corrected chi connectivity index (χ1v) is 9.80. The van der Waals surface area contributed by atoms with Gasteiger partial charge in [0.25, 0.3) is 0 Å². The molecule has 1 saturated heterocycles. The molecule has 6 nitrogen and oxygen atoms in total. The highest BCUT2D eigenvalue weighted by molar-refractivity contribution is 5.83. The van der Waals surface area contributed by atoms with E-state index < -0.39 is 0 Å². The SMILES string of the molecule is COc1cc(N2CCN([C@@H](C(=O)N(C)C)c3ccccc3)CC2)cc(C)c1C#N. The fraction of sp³-hybridized carbons (Fsp3) is 0.391. The standard InChI is InChI=1S/C23H28N4O2/c1-17-14-19(15-21(29-4)20(17)16-24)26-10-12-27(13-11-26)22(23(28)25(2)3)18-8-6-5-7-9-18/h5-9,14-15,22H,10-13H2,1-4H3/t22-/m1/s1. The Morgan fingerprint density at radius 2 is 1.79 bits per heavy atom. The van der Waals surface area contributed by atoms with Crippen LogP contribution in [0.2, 0.25) is 0 Å². The van der Waals surface area contributed by atoms with Gasteiger partial charge in [-0.05, 0) is 24.1 Å². The summed E-state index contributed by atoms with van der Waals surface area (Å²) in [5.74, 6) is 0.704. The van der Waals surface area contributed by atoms with Gasteiger partial charge in [0.2, 0.25) is 5.91 Å². The van der Waals surface area contributed by atoms with Crippen LogP contribution in [0.25, 0.3) is 0 Å². The summed E-state index contributed by atoms with van der Waals surface area (Å²) in [6, 6.07) is 15.9. The number of nitriles is 1. The van der Waals surface area contributed by atoms with Crippen molar-refractivity contribution in [2.75, 3.05) is 52.3 Å². The summed E-state index contributed by atoms with van der Waals surface area (Å²) in [7, 11) is 5.20. The minimum Gasteiger partial charge on any atom is -0.495 e. The zero-order valence-electron chi connectivity index (χ0n) is 17.6. The lowest BCUT2D eigenvalue weighted by Crippen LogP contribution is -2.51. The number of benzene rings is 2. The van der Waals surface area contributed by atoms with Gasteiger partial charge in [0.05, 0.1) is 12.7 Å². The first-order chi connectivity index (χ1) is 14.0. The van der Waals surface area contributed by atoms with Crippen LogP contribution in [0.1, 0.15) is 22.7 Å². The number of ether oxygens (including phenoxy) is 1. The number of piperazine rings is 1. The Labute approximate surface area is 172 Å². The van der Waals surface area contributed by atoms with Gasteiger partial charge in [-0.1, -0.05) is 30.3 Å². The molecule has 1 heterocycles. The number of anilines is 1. The van der Waals surface area contributed by atoms with Gasteiger partial charge in [-0.2, -0.15) is 5.26 Å². The molecule has 0 unspecified atom stereocenters. The van der Waals surface area contributed by atoms with Crippen molar-refractivity contribution < 1.29 is 9.53 Å². The summed E-state index contributed by atoms with van der Waals surface area (Å²) in [5.41, 5.74) is 3.56. The Kier molecular flexibility index (Phi) is 6.40. The Morgan fingerprint density at radius 3 is 2.34 bits per heavy atom. The van der Waals surface area contributed by atoms with Gasteiger partial charge >= 0.3 is 0 Å². The Balaban J connectivity index is 1.79. The molecule has 1 atom stereocenters. The van der Waals surface area contributed by atoms with Crippen LogP contribution in [0.5, 0.6) is 5.75 Å². The number of methoxy groups -OCH3 is 1. The lowest BCUT2D eigenvalue weighted by atomic mass is 10.0. The highest BCUT2D eigenvalue weighted by Crippen LogP contribution is 2.31. The van der Waals surface area contributed by atoms with Crippen LogP contribution in [-0.2, 0) is 4.79 Å². The highest BCUT2D eigenvalue weighted by atomic mass is 16.5. The van der Waals surface area contributed by atoms with E-state index >= 15 is 0 Å². The van der Waals surface area contributed by atoms with Crippen LogP contribution in [0.4, 0.5) is 5.69 Å². The minimum absolute atomic E-state index is 0.0977. The number of hydrogen-bond donors (Lipinski definition) is 0. The maximum absolute atomic E-state index is 12.9. The Morgan fingerprint density at radius 1 is 1.14 bits per heavy atom. The Bertz CT molecular complexity index is 897. The average Bonchev–Trinajstić information content (AvgIpc) is 2.74. The van der Waals surface area contributed by atoms with Crippen LogP contribution < -0.4 is 9.64 Å². The number of rotatable bonds is 5. The molecule has 1 aliphatic rings. The van der Waals surface area contributed by atoms with Crippen molar-refractivity contribution >= 4 is 11.6 Å². The van der Waals surface area contributed by atoms with Crippen LogP contribution in [-0.4, -0.2) is 63.1 Å². The molecule has 1 amide bonds. The average molecular weight is 393 g/mol. The third-order valence-corrected chi connectivity index (χ3v) is 5.45. The van der Waals surface area contributed by atoms with E-state index in [1.807, 2.05) is 49.4 Å². The largest absolute Gasteiger partial charge is 0.495 e. The van der Waals surface area contributed by atoms with E-state index in [9.17, 15) is 10.1 Å². The van der Waals surface area contributed by atoms with Gasteiger partial charge < -0.3 is 14.5 Å². The summed E-state index contributed by atoms with van der Waals surface area (Å²) in [4.78, 5) is 19.1. The van der Waals surface area contributed by atoms with Crippen molar-refractivity contribution in [2.45, 2.75) is 13.0 Å². The predicted octanol–water partition coefficient (Wildman–Crippen LogP) is 2.83. The number of carbonyl (C=O) groups excluding carboxylic acids is 1. The maximum atomic E-state index is 12.9. The molecule has 152 valence electrons. The molecule has 6 heteroatoms. The first-order valence-electron chi connectivity index (χ1n) is 9.80. The molecular weight excluding hydrogens is 364 g/mol. The molecule has 2 aromatic carbocycles. The van der Waals surface area contributed by atoms with Crippen LogP contribution >= 0.6 is 0 Å². The summed E-state index contributed by atoms with van der Waals surface area (Å²) in [5, 5.41) is 9.35. The summed E-state index contributed by atoms with van der Waals surface area (Å²) < 4.78 is 5.41. The molecule has 0 N–H and O–H groups in total. The predicted molar refractivity (Wildman–Crippen MR) is 114 cm³/mol. The van der Waals surface area contributed by atoms with Crippen molar-refractivity contribution in [3.8, 4) is 11.8 Å². The molecule has 0 radical (unpaired) electrons. The lowest BCUT2D eigenvalue weighted by Gasteiger charge is -2.40. The van der Waals surface area contributed by atoms with E-state index in [1.54, 1.807) is 26.1 Å². The topological polar surface area (TPSA) is 59.8 Å². The van der Waals surface area contributed by atoms with Crippen molar-refractivity contribution in [1.82, 2.24) is 9.80 Å². The van der Waals surface area contributed by atoms with E-state index in [0.29, 0.717) is 11.3 Å². The molecule has 3 rings (SSSR count). The second kappa shape index (κ2) is 8.97. The van der Waals surface area contributed by atoms with Gasteiger partial charge in [0, 0.05) is 52.0 Å². The van der Waals surface area contributed by atoms with Crippen LogP contribution in [0.15, 0.2) is 42.5 Å². The summed E-state index contributed by atoms with van der Waals surface area (Å²) >= 11 is 0. The number of aryl methyl sites for hydroxylation is 1. The van der Waals surface area contributed by atoms with Gasteiger partial charge in [0.15, 0.2) is 0 Å². The van der Waals surface area contributed by atoms with Crippen molar-refractivity contribution in [3.63, 3.8) is 0 Å². The molecule has 0 aromatic heterocycles. The zero-order valence-corrected chi connectivity index (χ0v) is 17.6. The molecule has 0 aliphatic carbocycles. The molecule has 0 saturated carbocycles. The third kappa shape index (κ3) is 4.36. The van der Waals surface area contributed by atoms with Gasteiger partial charge in [0.1, 0.15) is 17.9 Å². The van der Waals surface area contributed by atoms with E-state index in [2.05, 4.69) is 15.9 Å². The van der Waals surface area contributed by atoms with E-state index in [-0.39, 0.29) is 11.9 Å². The van der Waals surface area contributed by atoms with Crippen LogP contribution in [0.3, 0.4) is 0 Å². The molecule has 29 heavy (non-hydrogen) atoms. The molecular formula is C23H28N4O2. The second-order valence-electron chi connectivity index (χ2n) is 7.52. The number of carbonyl (C=O) groups is 1. The fourth-order valence-corrected chi connectivity index (χ4v) is 3.85. The monoisotopic (exact) mass is 392 g/mol. The van der Waals surface area contributed by atoms with E-state index in [1.165, 1.54) is 0 Å². The highest BCUT2D eigenvalue weighted by Gasteiger charge is 2.31. The molecule has 2 aromatic rings. The first kappa shape index (κ1) is 20.7. The third-order valence-electron chi connectivity index (χ3n) is 5.45. The number of amides is 1. The number of likely N-dealkylation sites (N-methyl/N-ethyl adjacent to an activating group) is 1. The minimum atomic E-state index is -0.273. The van der Waals surface area contributed by atoms with Crippen molar-refractivity contribution in [3.05, 3.63) is 59.2 Å². The summed E-state index contributed by atoms with van der Waals surface area (Å²) in [6.07, 6.45) is 0. The van der Waals surface area contributed by atoms with Gasteiger partial charge in [-0.3, -0.25) is 9.69 Å². The normalized spacial score (nSPS) is 15.5. The smallest absolute Gasteiger partial charge is 0.244 e. The maximum Gasteiger partial charge on any atom is 0.244 e. The van der Waals surface area contributed by atoms with Gasteiger partial charge in [-0.25, -0.2) is 0 Å². The molecule has 0 spiro atoms. The van der Waals surface area contributed by atoms with E-state index in [4.69, 9.17) is 4.74 Å². The quantitative estimate of drug-likeness (QED) is 0.783. The van der Waals surface area contributed by atoms with E-state index in [0.717, 1.165) is 43.0 Å². The molecule has 1 fully saturated rings. The Hall–Kier alpha value is -3.04. The van der Waals surface area contributed by atoms with Crippen molar-refractivity contribution in [2.24, 2.45) is 0 Å². The number of hydrogen-bond acceptors (Lipinski definition) is 5. The zero-order chi connectivity index (χ0) is 21.0. The fourth-order valence-electron chi connectivity index (χ4n) is 3.85. The number of nitrogens with zero attached hydrogens (tertiary/aromatic N) is 4. The van der Waals surface area contributed by atoms with Gasteiger partial charge in [-0.15, -0.1) is 0 Å².